The van der Waals surface area contributed by atoms with E-state index in [9.17, 15) is 4.79 Å². The van der Waals surface area contributed by atoms with Gasteiger partial charge in [0.1, 0.15) is 24.0 Å². The van der Waals surface area contributed by atoms with Crippen LogP contribution in [0.5, 0.6) is 17.2 Å². The number of benzene rings is 3. The second kappa shape index (κ2) is 11.6. The van der Waals surface area contributed by atoms with E-state index < -0.39 is 5.91 Å². The first-order chi connectivity index (χ1) is 18.8. The highest BCUT2D eigenvalue weighted by molar-refractivity contribution is 9.10. The summed E-state index contributed by atoms with van der Waals surface area (Å²) in [7, 11) is 1.50. The van der Waals surface area contributed by atoms with Crippen molar-refractivity contribution in [1.29, 1.82) is 5.41 Å². The molecule has 2 aliphatic heterocycles. The van der Waals surface area contributed by atoms with Crippen molar-refractivity contribution >= 4 is 67.3 Å². The number of rotatable bonds is 8. The number of ether oxygens (including phenoxy) is 3. The Morgan fingerprint density at radius 2 is 1.79 bits per heavy atom. The standard InChI is InChI=1S/C28H22BrClN4O4S/c1-16-3-5-18(6-4-16)27-33-34-25(31)21(26(35)32-28(34)39-27)13-17-14-22(30)24(23(15-17)36-2)38-12-11-37-20-9-7-19(29)8-10-20/h3-10,13-15,31H,11-12H2,1-2H3/b21-13-,31-25?. The molecule has 1 N–H and O–H groups in total. The Bertz CT molecular complexity index is 1540. The zero-order valence-electron chi connectivity index (χ0n) is 20.9. The van der Waals surface area contributed by atoms with Gasteiger partial charge in [-0.15, -0.1) is 0 Å². The third-order valence-electron chi connectivity index (χ3n) is 5.73. The van der Waals surface area contributed by atoms with E-state index in [1.165, 1.54) is 23.9 Å². The number of hydrogen-bond donors (Lipinski definition) is 1. The molecule has 0 bridgehead atoms. The zero-order chi connectivity index (χ0) is 27.5. The maximum absolute atomic E-state index is 12.9. The maximum Gasteiger partial charge on any atom is 0.283 e. The highest BCUT2D eigenvalue weighted by Crippen LogP contribution is 2.38. The number of nitrogens with zero attached hydrogens (tertiary/aromatic N) is 3. The lowest BCUT2D eigenvalue weighted by atomic mass is 10.1. The normalized spacial score (nSPS) is 15.7. The maximum atomic E-state index is 12.9. The first kappa shape index (κ1) is 27.0. The summed E-state index contributed by atoms with van der Waals surface area (Å²) in [6.07, 6.45) is 1.55. The number of amides is 1. The Hall–Kier alpha value is -3.60. The van der Waals surface area contributed by atoms with Crippen LogP contribution in [-0.4, -0.2) is 47.3 Å². The lowest BCUT2D eigenvalue weighted by molar-refractivity contribution is -0.114. The molecule has 2 aliphatic rings. The average Bonchev–Trinajstić information content (AvgIpc) is 3.35. The van der Waals surface area contributed by atoms with Gasteiger partial charge in [-0.25, -0.2) is 0 Å². The molecule has 39 heavy (non-hydrogen) atoms. The number of hydrogen-bond acceptors (Lipinski definition) is 7. The second-order valence-electron chi connectivity index (χ2n) is 8.48. The van der Waals surface area contributed by atoms with Crippen LogP contribution in [0.2, 0.25) is 5.02 Å². The Kier molecular flexibility index (Phi) is 8.06. The van der Waals surface area contributed by atoms with Crippen LogP contribution in [0.4, 0.5) is 0 Å². The number of hydrazone groups is 1. The molecule has 198 valence electrons. The van der Waals surface area contributed by atoms with Crippen molar-refractivity contribution in [3.8, 4) is 17.2 Å². The van der Waals surface area contributed by atoms with Gasteiger partial charge in [0, 0.05) is 10.0 Å². The predicted molar refractivity (Wildman–Crippen MR) is 158 cm³/mol. The molecule has 3 aromatic carbocycles. The molecule has 0 radical (unpaired) electrons. The molecule has 0 fully saturated rings. The van der Waals surface area contributed by atoms with Crippen molar-refractivity contribution < 1.29 is 19.0 Å². The van der Waals surface area contributed by atoms with Crippen molar-refractivity contribution in [1.82, 2.24) is 5.01 Å². The fourth-order valence-electron chi connectivity index (χ4n) is 3.77. The Morgan fingerprint density at radius 3 is 2.51 bits per heavy atom. The van der Waals surface area contributed by atoms with Gasteiger partial charge in [0.2, 0.25) is 5.17 Å². The molecule has 0 aliphatic carbocycles. The molecule has 0 atom stereocenters. The van der Waals surface area contributed by atoms with E-state index in [-0.39, 0.29) is 18.0 Å². The van der Waals surface area contributed by atoms with E-state index in [1.54, 1.807) is 18.2 Å². The highest BCUT2D eigenvalue weighted by Gasteiger charge is 2.36. The number of aliphatic imine (C=N–C) groups is 1. The van der Waals surface area contributed by atoms with E-state index in [0.717, 1.165) is 21.3 Å². The lowest BCUT2D eigenvalue weighted by Crippen LogP contribution is -2.35. The van der Waals surface area contributed by atoms with E-state index in [0.29, 0.717) is 38.9 Å². The van der Waals surface area contributed by atoms with Crippen LogP contribution in [-0.2, 0) is 4.79 Å². The monoisotopic (exact) mass is 624 g/mol. The topological polar surface area (TPSA) is 96.6 Å². The summed E-state index contributed by atoms with van der Waals surface area (Å²) in [5.41, 5.74) is 2.66. The molecule has 3 aromatic rings. The molecule has 0 aromatic heterocycles. The smallest absolute Gasteiger partial charge is 0.283 e. The molecule has 5 rings (SSSR count). The van der Waals surface area contributed by atoms with Crippen molar-refractivity contribution in [2.24, 2.45) is 10.1 Å². The first-order valence-corrected chi connectivity index (χ1v) is 13.8. The minimum atomic E-state index is -0.528. The molecule has 0 unspecified atom stereocenters. The quantitative estimate of drug-likeness (QED) is 0.225. The Labute approximate surface area is 242 Å². The van der Waals surface area contributed by atoms with Crippen LogP contribution in [0.3, 0.4) is 0 Å². The predicted octanol–water partition coefficient (Wildman–Crippen LogP) is 6.54. The molecule has 0 saturated heterocycles. The van der Waals surface area contributed by atoms with E-state index in [4.69, 9.17) is 31.2 Å². The lowest BCUT2D eigenvalue weighted by Gasteiger charge is -2.20. The largest absolute Gasteiger partial charge is 0.493 e. The molecule has 1 amide bonds. The van der Waals surface area contributed by atoms with Crippen LogP contribution < -0.4 is 14.2 Å². The fourth-order valence-corrected chi connectivity index (χ4v) is 5.20. The van der Waals surface area contributed by atoms with Crippen LogP contribution in [0.15, 0.2) is 80.8 Å². The summed E-state index contributed by atoms with van der Waals surface area (Å²) in [5, 5.41) is 15.9. The molecule has 0 spiro atoms. The number of halogens is 2. The van der Waals surface area contributed by atoms with Crippen LogP contribution in [0.1, 0.15) is 16.7 Å². The molecular weight excluding hydrogens is 604 g/mol. The van der Waals surface area contributed by atoms with Crippen molar-refractivity contribution in [2.75, 3.05) is 20.3 Å². The van der Waals surface area contributed by atoms with E-state index >= 15 is 0 Å². The number of thioether (sulfide) groups is 1. The van der Waals surface area contributed by atoms with Gasteiger partial charge >= 0.3 is 0 Å². The first-order valence-electron chi connectivity index (χ1n) is 11.8. The molecule has 2 heterocycles. The summed E-state index contributed by atoms with van der Waals surface area (Å²) in [6.45, 7) is 2.55. The van der Waals surface area contributed by atoms with Gasteiger partial charge in [-0.3, -0.25) is 10.2 Å². The van der Waals surface area contributed by atoms with Crippen molar-refractivity contribution in [3.05, 3.63) is 92.4 Å². The summed E-state index contributed by atoms with van der Waals surface area (Å²) in [6, 6.07) is 18.7. The van der Waals surface area contributed by atoms with Crippen molar-refractivity contribution in [2.45, 2.75) is 6.92 Å². The zero-order valence-corrected chi connectivity index (χ0v) is 24.1. The van der Waals surface area contributed by atoms with Gasteiger partial charge in [0.15, 0.2) is 17.3 Å². The van der Waals surface area contributed by atoms with Gasteiger partial charge in [-0.05, 0) is 66.7 Å². The molecule has 0 saturated carbocycles. The number of nitrogens with one attached hydrogen (secondary N) is 1. The summed E-state index contributed by atoms with van der Waals surface area (Å²) in [4.78, 5) is 17.0. The third kappa shape index (κ3) is 6.03. The van der Waals surface area contributed by atoms with Crippen LogP contribution >= 0.6 is 39.3 Å². The molecular formula is C28H22BrClN4O4S. The minimum absolute atomic E-state index is 0.0693. The van der Waals surface area contributed by atoms with Gasteiger partial charge in [0.25, 0.3) is 5.91 Å². The average molecular weight is 626 g/mol. The third-order valence-corrected chi connectivity index (χ3v) is 7.49. The summed E-state index contributed by atoms with van der Waals surface area (Å²) < 4.78 is 18.0. The van der Waals surface area contributed by atoms with Crippen LogP contribution in [0, 0.1) is 12.3 Å². The fraction of sp³-hybridized carbons (Fsp3) is 0.143. The number of fused-ring (bicyclic) bond motifs is 1. The number of aryl methyl sites for hydroxylation is 1. The van der Waals surface area contributed by atoms with Gasteiger partial charge in [-0.2, -0.15) is 15.1 Å². The second-order valence-corrected chi connectivity index (χ2v) is 10.8. The van der Waals surface area contributed by atoms with Crippen LogP contribution in [0.25, 0.3) is 6.08 Å². The SMILES string of the molecule is COc1cc(/C=C2/C(=N)N3N=C(c4ccc(C)cc4)SC3=NC2=O)cc(Cl)c1OCCOc1ccc(Br)cc1. The number of amidine groups is 2. The van der Waals surface area contributed by atoms with E-state index in [2.05, 4.69) is 26.0 Å². The highest BCUT2D eigenvalue weighted by atomic mass is 79.9. The summed E-state index contributed by atoms with van der Waals surface area (Å²) in [5.74, 6) is 0.862. The van der Waals surface area contributed by atoms with Gasteiger partial charge < -0.3 is 14.2 Å². The van der Waals surface area contributed by atoms with E-state index in [1.807, 2.05) is 55.5 Å². The van der Waals surface area contributed by atoms with Crippen molar-refractivity contribution in [3.63, 3.8) is 0 Å². The van der Waals surface area contributed by atoms with Gasteiger partial charge in [0.05, 0.1) is 17.7 Å². The summed E-state index contributed by atoms with van der Waals surface area (Å²) >= 11 is 11.2. The minimum Gasteiger partial charge on any atom is -0.493 e. The number of methoxy groups -OCH3 is 1. The van der Waals surface area contributed by atoms with Gasteiger partial charge in [-0.1, -0.05) is 57.4 Å². The Balaban J connectivity index is 1.31. The Morgan fingerprint density at radius 1 is 1.08 bits per heavy atom. The number of carbonyl (C=O) groups excluding carboxylic acids is 1. The molecule has 11 heteroatoms. The number of carbonyl (C=O) groups is 1. The molecule has 8 nitrogen and oxygen atoms in total.